The van der Waals surface area contributed by atoms with Crippen LogP contribution in [0.15, 0.2) is 94.8 Å². The number of aromatic amines is 1. The van der Waals surface area contributed by atoms with Crippen molar-refractivity contribution in [3.63, 3.8) is 0 Å². The van der Waals surface area contributed by atoms with Gasteiger partial charge in [0, 0.05) is 16.8 Å². The highest BCUT2D eigenvalue weighted by molar-refractivity contribution is 6.13. The van der Waals surface area contributed by atoms with Crippen LogP contribution in [0.1, 0.15) is 27.2 Å². The van der Waals surface area contributed by atoms with E-state index in [1.165, 1.54) is 4.68 Å². The zero-order chi connectivity index (χ0) is 22.5. The average Bonchev–Trinajstić information content (AvgIpc) is 3.14. The van der Waals surface area contributed by atoms with Gasteiger partial charge in [-0.3, -0.25) is 14.7 Å². The van der Waals surface area contributed by atoms with Gasteiger partial charge in [0.15, 0.2) is 0 Å². The van der Waals surface area contributed by atoms with Gasteiger partial charge in [0.1, 0.15) is 11.5 Å². The molecule has 4 rings (SSSR count). The fraction of sp³-hybridized carbons (Fsp3) is 0.0800. The van der Waals surface area contributed by atoms with Gasteiger partial charge in [-0.1, -0.05) is 48.5 Å². The Labute approximate surface area is 185 Å². The van der Waals surface area contributed by atoms with Crippen LogP contribution in [0.3, 0.4) is 0 Å². The third kappa shape index (κ3) is 4.22. The van der Waals surface area contributed by atoms with E-state index in [9.17, 15) is 9.59 Å². The summed E-state index contributed by atoms with van der Waals surface area (Å²) in [5, 5.41) is 7.47. The van der Waals surface area contributed by atoms with Crippen molar-refractivity contribution in [1.29, 1.82) is 0 Å². The van der Waals surface area contributed by atoms with Crippen LogP contribution in [0.5, 0.6) is 5.75 Å². The summed E-state index contributed by atoms with van der Waals surface area (Å²) in [5.41, 5.74) is 5.57. The summed E-state index contributed by atoms with van der Waals surface area (Å²) in [6.45, 7) is 1.81. The van der Waals surface area contributed by atoms with E-state index in [-0.39, 0.29) is 5.56 Å². The number of rotatable bonds is 6. The Morgan fingerprint density at radius 3 is 2.16 bits per heavy atom. The van der Waals surface area contributed by atoms with E-state index in [4.69, 9.17) is 4.74 Å². The predicted molar refractivity (Wildman–Crippen MR) is 124 cm³/mol. The summed E-state index contributed by atoms with van der Waals surface area (Å²) < 4.78 is 6.59. The third-order valence-corrected chi connectivity index (χ3v) is 4.99. The first-order valence-electron chi connectivity index (χ1n) is 10.0. The standard InChI is InChI=1S/C25H22N4O3/c1-17-22(25(31)29(28-17)20-11-7-4-8-12-20)23(18-9-5-3-6-10-18)26-27-24(30)19-13-15-21(32-2)16-14-19/h3-16,28H,1-2H3,(H,27,30)/b26-23+. The molecule has 7 heteroatoms. The molecule has 160 valence electrons. The van der Waals surface area contributed by atoms with Crippen LogP contribution in [-0.4, -0.2) is 28.5 Å². The number of aryl methyl sites for hydroxylation is 1. The number of ether oxygens (including phenoxy) is 1. The number of benzene rings is 3. The maximum atomic E-state index is 13.3. The van der Waals surface area contributed by atoms with Gasteiger partial charge in [-0.25, -0.2) is 10.1 Å². The van der Waals surface area contributed by atoms with Gasteiger partial charge in [0.2, 0.25) is 0 Å². The molecular weight excluding hydrogens is 404 g/mol. The minimum Gasteiger partial charge on any atom is -0.497 e. The molecular formula is C25H22N4O3. The topological polar surface area (TPSA) is 88.5 Å². The number of hydrazone groups is 1. The lowest BCUT2D eigenvalue weighted by Gasteiger charge is -2.07. The molecule has 3 aromatic carbocycles. The molecule has 0 atom stereocenters. The predicted octanol–water partition coefficient (Wildman–Crippen LogP) is 3.67. The van der Waals surface area contributed by atoms with E-state index in [1.807, 2.05) is 60.7 Å². The summed E-state index contributed by atoms with van der Waals surface area (Å²) >= 11 is 0. The lowest BCUT2D eigenvalue weighted by atomic mass is 10.0. The number of para-hydroxylation sites is 1. The molecule has 0 spiro atoms. The van der Waals surface area contributed by atoms with Crippen molar-refractivity contribution < 1.29 is 9.53 Å². The van der Waals surface area contributed by atoms with Gasteiger partial charge in [0.05, 0.1) is 18.4 Å². The van der Waals surface area contributed by atoms with Gasteiger partial charge in [-0.05, 0) is 43.3 Å². The Kier molecular flexibility index (Phi) is 5.98. The van der Waals surface area contributed by atoms with Crippen LogP contribution in [0.4, 0.5) is 0 Å². The molecule has 1 aromatic heterocycles. The summed E-state index contributed by atoms with van der Waals surface area (Å²) in [7, 11) is 1.56. The Balaban J connectivity index is 1.75. The fourth-order valence-electron chi connectivity index (χ4n) is 3.36. The van der Waals surface area contributed by atoms with Crippen molar-refractivity contribution in [3.8, 4) is 11.4 Å². The van der Waals surface area contributed by atoms with E-state index in [2.05, 4.69) is 15.6 Å². The van der Waals surface area contributed by atoms with Crippen molar-refractivity contribution in [3.05, 3.63) is 118 Å². The SMILES string of the molecule is COc1ccc(C(=O)N/N=C(\c2ccccc2)c2c(C)[nH]n(-c3ccccc3)c2=O)cc1. The quantitative estimate of drug-likeness (QED) is 0.364. The lowest BCUT2D eigenvalue weighted by molar-refractivity contribution is 0.0955. The highest BCUT2D eigenvalue weighted by Crippen LogP contribution is 2.14. The first-order valence-corrected chi connectivity index (χ1v) is 10.0. The van der Waals surface area contributed by atoms with Crippen LogP contribution in [0.25, 0.3) is 5.69 Å². The zero-order valence-electron chi connectivity index (χ0n) is 17.7. The molecule has 4 aromatic rings. The molecule has 0 fully saturated rings. The molecule has 0 radical (unpaired) electrons. The summed E-state index contributed by atoms with van der Waals surface area (Å²) in [5.74, 6) is 0.261. The van der Waals surface area contributed by atoms with Crippen molar-refractivity contribution in [2.24, 2.45) is 5.10 Å². The number of amides is 1. The average molecular weight is 426 g/mol. The Morgan fingerprint density at radius 1 is 0.906 bits per heavy atom. The molecule has 1 heterocycles. The molecule has 0 aliphatic heterocycles. The van der Waals surface area contributed by atoms with Crippen LogP contribution < -0.4 is 15.7 Å². The second-order valence-corrected chi connectivity index (χ2v) is 7.08. The Hall–Kier alpha value is -4.39. The van der Waals surface area contributed by atoms with Crippen molar-refractivity contribution in [2.45, 2.75) is 6.92 Å². The number of aromatic nitrogens is 2. The summed E-state index contributed by atoms with van der Waals surface area (Å²) in [6.07, 6.45) is 0. The van der Waals surface area contributed by atoms with Gasteiger partial charge < -0.3 is 4.74 Å². The largest absolute Gasteiger partial charge is 0.497 e. The minimum atomic E-state index is -0.391. The number of carbonyl (C=O) groups excluding carboxylic acids is 1. The number of methoxy groups -OCH3 is 1. The van der Waals surface area contributed by atoms with E-state index in [0.717, 1.165) is 0 Å². The molecule has 1 amide bonds. The zero-order valence-corrected chi connectivity index (χ0v) is 17.7. The number of hydrogen-bond donors (Lipinski definition) is 2. The summed E-state index contributed by atoms with van der Waals surface area (Å²) in [4.78, 5) is 26.0. The minimum absolute atomic E-state index is 0.255. The Morgan fingerprint density at radius 2 is 1.53 bits per heavy atom. The molecule has 0 saturated heterocycles. The second kappa shape index (κ2) is 9.18. The van der Waals surface area contributed by atoms with Gasteiger partial charge in [-0.2, -0.15) is 5.10 Å². The van der Waals surface area contributed by atoms with Crippen molar-refractivity contribution in [1.82, 2.24) is 15.2 Å². The van der Waals surface area contributed by atoms with Crippen molar-refractivity contribution in [2.75, 3.05) is 7.11 Å². The maximum Gasteiger partial charge on any atom is 0.281 e. The van der Waals surface area contributed by atoms with E-state index < -0.39 is 5.91 Å². The molecule has 7 nitrogen and oxygen atoms in total. The Bertz CT molecular complexity index is 1310. The number of nitrogens with one attached hydrogen (secondary N) is 2. The first-order chi connectivity index (χ1) is 15.6. The smallest absolute Gasteiger partial charge is 0.281 e. The van der Waals surface area contributed by atoms with E-state index in [1.54, 1.807) is 38.3 Å². The number of nitrogens with zero attached hydrogens (tertiary/aromatic N) is 2. The van der Waals surface area contributed by atoms with Crippen LogP contribution >= 0.6 is 0 Å². The molecule has 0 bridgehead atoms. The van der Waals surface area contributed by atoms with Gasteiger partial charge in [0.25, 0.3) is 11.5 Å². The van der Waals surface area contributed by atoms with Crippen LogP contribution in [0.2, 0.25) is 0 Å². The maximum absolute atomic E-state index is 13.3. The first kappa shape index (κ1) is 20.9. The van der Waals surface area contributed by atoms with E-state index in [0.29, 0.717) is 39.5 Å². The lowest BCUT2D eigenvalue weighted by Crippen LogP contribution is -2.25. The molecule has 0 saturated carbocycles. The molecule has 32 heavy (non-hydrogen) atoms. The molecule has 0 aliphatic carbocycles. The van der Waals surface area contributed by atoms with Gasteiger partial charge >= 0.3 is 0 Å². The van der Waals surface area contributed by atoms with Gasteiger partial charge in [-0.15, -0.1) is 0 Å². The fourth-order valence-corrected chi connectivity index (χ4v) is 3.36. The monoisotopic (exact) mass is 426 g/mol. The summed E-state index contributed by atoms with van der Waals surface area (Å²) in [6, 6.07) is 25.3. The highest BCUT2D eigenvalue weighted by Gasteiger charge is 2.20. The molecule has 2 N–H and O–H groups in total. The number of H-pyrrole nitrogens is 1. The third-order valence-electron chi connectivity index (χ3n) is 4.99. The molecule has 0 aliphatic rings. The van der Waals surface area contributed by atoms with Crippen LogP contribution in [-0.2, 0) is 0 Å². The highest BCUT2D eigenvalue weighted by atomic mass is 16.5. The normalized spacial score (nSPS) is 11.2. The molecule has 0 unspecified atom stereocenters. The van der Waals surface area contributed by atoms with Crippen molar-refractivity contribution >= 4 is 11.6 Å². The number of hydrogen-bond acceptors (Lipinski definition) is 4. The van der Waals surface area contributed by atoms with E-state index >= 15 is 0 Å². The second-order valence-electron chi connectivity index (χ2n) is 7.08. The number of carbonyl (C=O) groups is 1. The van der Waals surface area contributed by atoms with Crippen LogP contribution in [0, 0.1) is 6.92 Å².